The first-order valence-electron chi connectivity index (χ1n) is 13.2. The monoisotopic (exact) mass is 550 g/mol. The van der Waals surface area contributed by atoms with Crippen molar-refractivity contribution in [2.45, 2.75) is 38.6 Å². The number of nitrogen functional groups attached to an aromatic ring is 1. The maximum atomic E-state index is 14.5. The van der Waals surface area contributed by atoms with Crippen molar-refractivity contribution in [2.24, 2.45) is 0 Å². The van der Waals surface area contributed by atoms with Crippen LogP contribution in [-0.4, -0.2) is 36.7 Å². The number of benzene rings is 3. The minimum Gasteiger partial charge on any atom is -0.481 e. The first-order valence-corrected chi connectivity index (χ1v) is 13.2. The van der Waals surface area contributed by atoms with Crippen molar-refractivity contribution < 1.29 is 19.1 Å². The summed E-state index contributed by atoms with van der Waals surface area (Å²) >= 11 is 0. The standard InChI is InChI=1S/C31H27FN6O3/c1-17-7-13-21-23(15-17)38(16-19-5-3-4-6-22(19)32)37-26(21)29-34-27(33)25-28(35-29)36-30(41)31(25,2)20-11-8-18(9-12-20)10-14-24(39)40/h3-9,11-13,15H,10,14,16H2,1-2H3,(H,39,40)(H3,33,34,35,36,41). The van der Waals surface area contributed by atoms with Gasteiger partial charge in [-0.1, -0.05) is 54.6 Å². The molecule has 0 spiro atoms. The lowest BCUT2D eigenvalue weighted by Crippen LogP contribution is -2.33. The summed E-state index contributed by atoms with van der Waals surface area (Å²) in [6.07, 6.45) is 0.411. The van der Waals surface area contributed by atoms with Crippen LogP contribution in [0.25, 0.3) is 22.4 Å². The van der Waals surface area contributed by atoms with E-state index in [0.717, 1.165) is 22.0 Å². The number of aryl methyl sites for hydroxylation is 2. The Kier molecular flexibility index (Phi) is 6.25. The molecular formula is C31H27FN6O3. The third-order valence-corrected chi connectivity index (χ3v) is 7.68. The van der Waals surface area contributed by atoms with Crippen molar-refractivity contribution in [1.29, 1.82) is 0 Å². The fourth-order valence-corrected chi connectivity index (χ4v) is 5.40. The zero-order valence-corrected chi connectivity index (χ0v) is 22.5. The van der Waals surface area contributed by atoms with Crippen LogP contribution in [0.1, 0.15) is 41.2 Å². The second-order valence-electron chi connectivity index (χ2n) is 10.4. The van der Waals surface area contributed by atoms with Crippen molar-refractivity contribution in [3.63, 3.8) is 0 Å². The van der Waals surface area contributed by atoms with E-state index < -0.39 is 11.4 Å². The van der Waals surface area contributed by atoms with E-state index in [1.807, 2.05) is 37.3 Å². The number of fused-ring (bicyclic) bond motifs is 2. The molecule has 0 bridgehead atoms. The SMILES string of the molecule is Cc1ccc2c(-c3nc(N)c4c(n3)NC(=O)C4(C)c3ccc(CCC(=O)O)cc3)nn(Cc3ccccc3F)c2c1. The Balaban J connectivity index is 1.41. The predicted octanol–water partition coefficient (Wildman–Crippen LogP) is 4.85. The van der Waals surface area contributed by atoms with Crippen LogP contribution in [0.5, 0.6) is 0 Å². The number of aliphatic carboxylic acids is 1. The fraction of sp³-hybridized carbons (Fsp3) is 0.194. The lowest BCUT2D eigenvalue weighted by molar-refractivity contribution is -0.137. The maximum absolute atomic E-state index is 14.5. The van der Waals surface area contributed by atoms with E-state index >= 15 is 0 Å². The average Bonchev–Trinajstić information content (AvgIpc) is 3.43. The van der Waals surface area contributed by atoms with Gasteiger partial charge in [0.05, 0.1) is 17.6 Å². The van der Waals surface area contributed by atoms with E-state index in [-0.39, 0.29) is 36.3 Å². The highest BCUT2D eigenvalue weighted by molar-refractivity contribution is 6.09. The van der Waals surface area contributed by atoms with Crippen LogP contribution < -0.4 is 11.1 Å². The molecule has 1 aliphatic heterocycles. The van der Waals surface area contributed by atoms with Crippen LogP contribution in [-0.2, 0) is 28.0 Å². The number of nitrogens with two attached hydrogens (primary N) is 1. The molecule has 3 heterocycles. The lowest BCUT2D eigenvalue weighted by Gasteiger charge is -2.23. The van der Waals surface area contributed by atoms with Gasteiger partial charge in [0.2, 0.25) is 5.91 Å². The van der Waals surface area contributed by atoms with Gasteiger partial charge in [-0.25, -0.2) is 14.4 Å². The van der Waals surface area contributed by atoms with E-state index in [1.54, 1.807) is 41.9 Å². The van der Waals surface area contributed by atoms with Crippen molar-refractivity contribution in [3.8, 4) is 11.5 Å². The normalized spacial score (nSPS) is 16.1. The number of rotatable bonds is 7. The first-order chi connectivity index (χ1) is 19.6. The van der Waals surface area contributed by atoms with Gasteiger partial charge in [-0.15, -0.1) is 0 Å². The second-order valence-corrected chi connectivity index (χ2v) is 10.4. The van der Waals surface area contributed by atoms with Crippen LogP contribution in [0, 0.1) is 12.7 Å². The van der Waals surface area contributed by atoms with Gasteiger partial charge >= 0.3 is 5.97 Å². The number of carboxylic acid groups (broad SMARTS) is 1. The van der Waals surface area contributed by atoms with Gasteiger partial charge in [0.1, 0.15) is 28.6 Å². The summed E-state index contributed by atoms with van der Waals surface area (Å²) in [5, 5.41) is 17.4. The number of halogens is 1. The van der Waals surface area contributed by atoms with Crippen LogP contribution in [0.2, 0.25) is 0 Å². The molecule has 0 radical (unpaired) electrons. The summed E-state index contributed by atoms with van der Waals surface area (Å²) in [4.78, 5) is 33.6. The highest BCUT2D eigenvalue weighted by atomic mass is 19.1. The molecule has 1 amide bonds. The molecule has 41 heavy (non-hydrogen) atoms. The van der Waals surface area contributed by atoms with Gasteiger partial charge < -0.3 is 16.2 Å². The van der Waals surface area contributed by atoms with Gasteiger partial charge in [0.15, 0.2) is 5.82 Å². The summed E-state index contributed by atoms with van der Waals surface area (Å²) < 4.78 is 16.2. The average molecular weight is 551 g/mol. The maximum Gasteiger partial charge on any atom is 0.303 e. The topological polar surface area (TPSA) is 136 Å². The van der Waals surface area contributed by atoms with Crippen molar-refractivity contribution in [2.75, 3.05) is 11.1 Å². The quantitative estimate of drug-likeness (QED) is 0.264. The van der Waals surface area contributed by atoms with Crippen LogP contribution >= 0.6 is 0 Å². The number of hydrogen-bond donors (Lipinski definition) is 3. The minimum atomic E-state index is -1.15. The van der Waals surface area contributed by atoms with Gasteiger partial charge in [-0.3, -0.25) is 14.3 Å². The predicted molar refractivity (Wildman–Crippen MR) is 153 cm³/mol. The highest BCUT2D eigenvalue weighted by Crippen LogP contribution is 2.45. The third-order valence-electron chi connectivity index (χ3n) is 7.68. The molecule has 0 saturated carbocycles. The summed E-state index contributed by atoms with van der Waals surface area (Å²) in [7, 11) is 0. The summed E-state index contributed by atoms with van der Waals surface area (Å²) in [6.45, 7) is 3.95. The smallest absolute Gasteiger partial charge is 0.303 e. The van der Waals surface area contributed by atoms with E-state index in [2.05, 4.69) is 10.3 Å². The Bertz CT molecular complexity index is 1850. The molecule has 2 aromatic heterocycles. The van der Waals surface area contributed by atoms with E-state index in [1.165, 1.54) is 6.07 Å². The number of aromatic nitrogens is 4. The molecule has 10 heteroatoms. The van der Waals surface area contributed by atoms with Crippen molar-refractivity contribution in [1.82, 2.24) is 19.7 Å². The molecule has 1 aliphatic rings. The van der Waals surface area contributed by atoms with Crippen LogP contribution in [0.3, 0.4) is 0 Å². The molecule has 6 rings (SSSR count). The number of nitrogens with one attached hydrogen (secondary N) is 1. The zero-order chi connectivity index (χ0) is 28.9. The number of amides is 1. The first kappa shape index (κ1) is 26.1. The van der Waals surface area contributed by atoms with Crippen molar-refractivity contribution >= 4 is 34.4 Å². The molecule has 0 aliphatic carbocycles. The molecule has 1 unspecified atom stereocenters. The Morgan fingerprint density at radius 3 is 2.59 bits per heavy atom. The van der Waals surface area contributed by atoms with Crippen LogP contribution in [0.15, 0.2) is 66.7 Å². The number of carboxylic acids is 1. The Hall–Kier alpha value is -5.12. The molecular weight excluding hydrogens is 523 g/mol. The molecule has 206 valence electrons. The van der Waals surface area contributed by atoms with E-state index in [4.69, 9.17) is 20.9 Å². The molecule has 4 N–H and O–H groups in total. The number of carbonyl (C=O) groups is 2. The number of hydrogen-bond acceptors (Lipinski definition) is 6. The molecule has 3 aromatic carbocycles. The summed E-state index contributed by atoms with van der Waals surface area (Å²) in [5.41, 5.74) is 10.2. The van der Waals surface area contributed by atoms with Gasteiger partial charge in [0, 0.05) is 17.4 Å². The lowest BCUT2D eigenvalue weighted by atomic mass is 9.77. The summed E-state index contributed by atoms with van der Waals surface area (Å²) in [6, 6.07) is 19.7. The number of anilines is 2. The Labute approximate surface area is 234 Å². The molecule has 9 nitrogen and oxygen atoms in total. The second kappa shape index (κ2) is 9.81. The van der Waals surface area contributed by atoms with E-state index in [9.17, 15) is 14.0 Å². The Morgan fingerprint density at radius 2 is 1.85 bits per heavy atom. The fourth-order valence-electron chi connectivity index (χ4n) is 5.40. The molecule has 0 fully saturated rings. The van der Waals surface area contributed by atoms with E-state index in [0.29, 0.717) is 34.6 Å². The minimum absolute atomic E-state index is 0.0216. The number of nitrogens with zero attached hydrogens (tertiary/aromatic N) is 4. The zero-order valence-electron chi connectivity index (χ0n) is 22.5. The van der Waals surface area contributed by atoms with Crippen molar-refractivity contribution in [3.05, 3.63) is 100 Å². The van der Waals surface area contributed by atoms with Gasteiger partial charge in [-0.2, -0.15) is 5.10 Å². The molecule has 0 saturated heterocycles. The summed E-state index contributed by atoms with van der Waals surface area (Å²) in [5.74, 6) is -0.792. The van der Waals surface area contributed by atoms with Gasteiger partial charge in [0.25, 0.3) is 0 Å². The largest absolute Gasteiger partial charge is 0.481 e. The third kappa shape index (κ3) is 4.47. The number of carbonyl (C=O) groups excluding carboxylic acids is 1. The van der Waals surface area contributed by atoms with Gasteiger partial charge in [-0.05, 0) is 49.1 Å². The van der Waals surface area contributed by atoms with Crippen LogP contribution in [0.4, 0.5) is 16.0 Å². The molecule has 1 atom stereocenters. The Morgan fingerprint density at radius 1 is 1.10 bits per heavy atom. The highest BCUT2D eigenvalue weighted by Gasteiger charge is 2.47. The molecule has 5 aromatic rings.